The van der Waals surface area contributed by atoms with Gasteiger partial charge in [-0.15, -0.1) is 0 Å². The fraction of sp³-hybridized carbons (Fsp3) is 0.267. The first-order valence-electron chi connectivity index (χ1n) is 6.78. The summed E-state index contributed by atoms with van der Waals surface area (Å²) >= 11 is 3.52. The Balaban J connectivity index is 2.08. The lowest BCUT2D eigenvalue weighted by Gasteiger charge is -2.17. The summed E-state index contributed by atoms with van der Waals surface area (Å²) < 4.78 is 2.80. The molecule has 1 atom stereocenters. The third-order valence-corrected chi connectivity index (χ3v) is 3.97. The van der Waals surface area contributed by atoms with Crippen molar-refractivity contribution in [2.75, 3.05) is 0 Å². The number of nitrogens with zero attached hydrogens (tertiary/aromatic N) is 4. The summed E-state index contributed by atoms with van der Waals surface area (Å²) in [6, 6.07) is 7.62. The van der Waals surface area contributed by atoms with Gasteiger partial charge in [-0.2, -0.15) is 5.10 Å². The molecule has 0 saturated carbocycles. The number of hydrogen-bond acceptors (Lipinski definition) is 4. The maximum Gasteiger partial charge on any atom is 0.0924 e. The summed E-state index contributed by atoms with van der Waals surface area (Å²) in [4.78, 5) is 9.05. The lowest BCUT2D eigenvalue weighted by Crippen LogP contribution is -2.20. The van der Waals surface area contributed by atoms with Gasteiger partial charge >= 0.3 is 0 Å². The highest BCUT2D eigenvalue weighted by atomic mass is 79.9. The molecule has 21 heavy (non-hydrogen) atoms. The zero-order chi connectivity index (χ0) is 15.0. The molecule has 0 radical (unpaired) electrons. The molecular weight excluding hydrogens is 330 g/mol. The average Bonchev–Trinajstić information content (AvgIpc) is 2.88. The Morgan fingerprint density at radius 1 is 1.14 bits per heavy atom. The SMILES string of the molecule is CC(C)n1ncc(Br)c1C(N)c1cnc2ccccc2n1. The van der Waals surface area contributed by atoms with Crippen LogP contribution >= 0.6 is 15.9 Å². The van der Waals surface area contributed by atoms with Crippen molar-refractivity contribution in [3.05, 3.63) is 52.5 Å². The van der Waals surface area contributed by atoms with Gasteiger partial charge in [-0.1, -0.05) is 12.1 Å². The minimum Gasteiger partial charge on any atom is -0.318 e. The molecule has 5 nitrogen and oxygen atoms in total. The van der Waals surface area contributed by atoms with E-state index < -0.39 is 0 Å². The number of aromatic nitrogens is 4. The van der Waals surface area contributed by atoms with Crippen LogP contribution in [0, 0.1) is 0 Å². The Hall–Kier alpha value is -1.79. The molecule has 108 valence electrons. The van der Waals surface area contributed by atoms with Gasteiger partial charge in [0, 0.05) is 6.04 Å². The molecule has 2 N–H and O–H groups in total. The van der Waals surface area contributed by atoms with E-state index in [0.717, 1.165) is 26.9 Å². The van der Waals surface area contributed by atoms with Crippen molar-refractivity contribution in [1.29, 1.82) is 0 Å². The third-order valence-electron chi connectivity index (χ3n) is 3.36. The van der Waals surface area contributed by atoms with E-state index in [0.29, 0.717) is 0 Å². The zero-order valence-electron chi connectivity index (χ0n) is 11.9. The molecule has 0 amide bonds. The van der Waals surface area contributed by atoms with Crippen molar-refractivity contribution >= 4 is 27.0 Å². The highest BCUT2D eigenvalue weighted by molar-refractivity contribution is 9.10. The Morgan fingerprint density at radius 2 is 1.86 bits per heavy atom. The van der Waals surface area contributed by atoms with E-state index in [1.165, 1.54) is 0 Å². The molecule has 3 rings (SSSR count). The molecule has 0 fully saturated rings. The van der Waals surface area contributed by atoms with Crippen LogP contribution in [0.3, 0.4) is 0 Å². The Morgan fingerprint density at radius 3 is 2.57 bits per heavy atom. The van der Waals surface area contributed by atoms with Crippen LogP contribution in [0.4, 0.5) is 0 Å². The summed E-state index contributed by atoms with van der Waals surface area (Å²) in [7, 11) is 0. The summed E-state index contributed by atoms with van der Waals surface area (Å²) in [5.74, 6) is 0. The fourth-order valence-electron chi connectivity index (χ4n) is 2.31. The van der Waals surface area contributed by atoms with Gasteiger partial charge in [0.2, 0.25) is 0 Å². The number of para-hydroxylation sites is 2. The van der Waals surface area contributed by atoms with Crippen molar-refractivity contribution in [2.45, 2.75) is 25.9 Å². The van der Waals surface area contributed by atoms with Gasteiger partial charge in [0.15, 0.2) is 0 Å². The predicted molar refractivity (Wildman–Crippen MR) is 85.9 cm³/mol. The minimum absolute atomic E-state index is 0.228. The molecule has 0 aliphatic rings. The first-order chi connectivity index (χ1) is 10.1. The molecule has 0 aliphatic heterocycles. The van der Waals surface area contributed by atoms with E-state index in [1.807, 2.05) is 28.9 Å². The molecule has 1 unspecified atom stereocenters. The normalized spacial score (nSPS) is 13.0. The van der Waals surface area contributed by atoms with Crippen molar-refractivity contribution in [3.63, 3.8) is 0 Å². The minimum atomic E-state index is -0.374. The summed E-state index contributed by atoms with van der Waals surface area (Å²) in [6.07, 6.45) is 3.50. The van der Waals surface area contributed by atoms with Crippen molar-refractivity contribution < 1.29 is 0 Å². The van der Waals surface area contributed by atoms with E-state index >= 15 is 0 Å². The van der Waals surface area contributed by atoms with Crippen LogP contribution in [-0.2, 0) is 0 Å². The summed E-state index contributed by atoms with van der Waals surface area (Å²) in [6.45, 7) is 4.14. The number of fused-ring (bicyclic) bond motifs is 1. The predicted octanol–water partition coefficient (Wildman–Crippen LogP) is 3.22. The molecule has 2 heterocycles. The van der Waals surface area contributed by atoms with Crippen molar-refractivity contribution in [1.82, 2.24) is 19.7 Å². The summed E-state index contributed by atoms with van der Waals surface area (Å²) in [5.41, 5.74) is 9.75. The van der Waals surface area contributed by atoms with Gasteiger partial charge in [-0.25, -0.2) is 4.98 Å². The molecule has 2 aromatic heterocycles. The number of nitrogens with two attached hydrogens (primary N) is 1. The van der Waals surface area contributed by atoms with Gasteiger partial charge in [-0.3, -0.25) is 9.67 Å². The monoisotopic (exact) mass is 345 g/mol. The quantitative estimate of drug-likeness (QED) is 0.791. The van der Waals surface area contributed by atoms with Crippen LogP contribution in [-0.4, -0.2) is 19.7 Å². The highest BCUT2D eigenvalue weighted by Gasteiger charge is 2.21. The van der Waals surface area contributed by atoms with E-state index in [-0.39, 0.29) is 12.1 Å². The smallest absolute Gasteiger partial charge is 0.0924 e. The highest BCUT2D eigenvalue weighted by Crippen LogP contribution is 2.28. The van der Waals surface area contributed by atoms with E-state index in [4.69, 9.17) is 5.73 Å². The number of benzene rings is 1. The number of rotatable bonds is 3. The van der Waals surface area contributed by atoms with Crippen LogP contribution in [0.1, 0.15) is 37.3 Å². The lowest BCUT2D eigenvalue weighted by molar-refractivity contribution is 0.497. The second kappa shape index (κ2) is 5.54. The third kappa shape index (κ3) is 2.56. The first kappa shape index (κ1) is 14.2. The van der Waals surface area contributed by atoms with Gasteiger partial charge in [0.25, 0.3) is 0 Å². The molecule has 0 aliphatic carbocycles. The average molecular weight is 346 g/mol. The molecule has 0 bridgehead atoms. The van der Waals surface area contributed by atoms with Crippen molar-refractivity contribution in [3.8, 4) is 0 Å². The van der Waals surface area contributed by atoms with Crippen LogP contribution in [0.2, 0.25) is 0 Å². The van der Waals surface area contributed by atoms with Gasteiger partial charge in [0.05, 0.1) is 45.3 Å². The van der Waals surface area contributed by atoms with Gasteiger partial charge in [-0.05, 0) is 41.9 Å². The van der Waals surface area contributed by atoms with Crippen LogP contribution in [0.15, 0.2) is 41.1 Å². The second-order valence-electron chi connectivity index (χ2n) is 5.18. The standard InChI is InChI=1S/C15H16BrN5/c1-9(2)21-15(10(16)7-19-21)14(17)13-8-18-11-5-3-4-6-12(11)20-13/h3-9,14H,17H2,1-2H3. The van der Waals surface area contributed by atoms with Gasteiger partial charge in [0.1, 0.15) is 0 Å². The first-order valence-corrected chi connectivity index (χ1v) is 7.57. The molecule has 6 heteroatoms. The van der Waals surface area contributed by atoms with E-state index in [2.05, 4.69) is 44.8 Å². The Kier molecular flexibility index (Phi) is 3.73. The zero-order valence-corrected chi connectivity index (χ0v) is 13.4. The van der Waals surface area contributed by atoms with Crippen LogP contribution < -0.4 is 5.73 Å². The number of halogens is 1. The van der Waals surface area contributed by atoms with Crippen LogP contribution in [0.5, 0.6) is 0 Å². The molecular formula is C15H16BrN5. The van der Waals surface area contributed by atoms with Gasteiger partial charge < -0.3 is 5.73 Å². The maximum absolute atomic E-state index is 6.40. The largest absolute Gasteiger partial charge is 0.318 e. The number of hydrogen-bond donors (Lipinski definition) is 1. The Bertz CT molecular complexity index is 781. The molecule has 3 aromatic rings. The van der Waals surface area contributed by atoms with E-state index in [9.17, 15) is 0 Å². The molecule has 1 aromatic carbocycles. The Labute approximate surface area is 131 Å². The summed E-state index contributed by atoms with van der Waals surface area (Å²) in [5, 5.41) is 4.37. The van der Waals surface area contributed by atoms with Crippen LogP contribution in [0.25, 0.3) is 11.0 Å². The topological polar surface area (TPSA) is 69.6 Å². The maximum atomic E-state index is 6.40. The second-order valence-corrected chi connectivity index (χ2v) is 6.03. The molecule has 0 spiro atoms. The van der Waals surface area contributed by atoms with Crippen molar-refractivity contribution in [2.24, 2.45) is 5.73 Å². The fourth-order valence-corrected chi connectivity index (χ4v) is 2.83. The van der Waals surface area contributed by atoms with E-state index in [1.54, 1.807) is 12.4 Å². The molecule has 0 saturated heterocycles. The lowest BCUT2D eigenvalue weighted by atomic mass is 10.1.